The number of morpholine rings is 1. The molecule has 5 nitrogen and oxygen atoms in total. The molecular weight excluding hydrogens is 226 g/mol. The molecule has 0 radical (unpaired) electrons. The van der Waals surface area contributed by atoms with Crippen molar-refractivity contribution in [3.63, 3.8) is 0 Å². The normalized spacial score (nSPS) is 22.4. The lowest BCUT2D eigenvalue weighted by Crippen LogP contribution is -2.43. The molecule has 90 valence electrons. The number of methoxy groups -OCH3 is 1. The number of hydrogen-bond acceptors (Lipinski definition) is 6. The molecule has 0 aliphatic carbocycles. The second-order valence-electron chi connectivity index (χ2n) is 3.85. The highest BCUT2D eigenvalue weighted by Crippen LogP contribution is 2.18. The SMILES string of the molecule is COCC1CN(Cc2cnc(N)s2)CCO1. The van der Waals surface area contributed by atoms with E-state index in [9.17, 15) is 0 Å². The maximum Gasteiger partial charge on any atom is 0.180 e. The molecule has 1 aromatic rings. The maximum absolute atomic E-state index is 5.60. The number of hydrogen-bond donors (Lipinski definition) is 1. The summed E-state index contributed by atoms with van der Waals surface area (Å²) in [5, 5.41) is 0.636. The van der Waals surface area contributed by atoms with Crippen molar-refractivity contribution in [2.24, 2.45) is 0 Å². The zero-order valence-electron chi connectivity index (χ0n) is 9.39. The number of rotatable bonds is 4. The number of aromatic nitrogens is 1. The van der Waals surface area contributed by atoms with Crippen molar-refractivity contribution >= 4 is 16.5 Å². The molecule has 6 heteroatoms. The van der Waals surface area contributed by atoms with E-state index < -0.39 is 0 Å². The summed E-state index contributed by atoms with van der Waals surface area (Å²) in [6, 6.07) is 0. The first kappa shape index (κ1) is 11.8. The van der Waals surface area contributed by atoms with E-state index in [2.05, 4.69) is 9.88 Å². The van der Waals surface area contributed by atoms with Crippen molar-refractivity contribution in [2.75, 3.05) is 39.1 Å². The molecule has 1 aromatic heterocycles. The Morgan fingerprint density at radius 2 is 2.62 bits per heavy atom. The Kier molecular flexibility index (Phi) is 4.11. The van der Waals surface area contributed by atoms with Gasteiger partial charge in [-0.05, 0) is 0 Å². The molecule has 16 heavy (non-hydrogen) atoms. The molecule has 1 aliphatic rings. The fourth-order valence-electron chi connectivity index (χ4n) is 1.83. The average molecular weight is 243 g/mol. The third-order valence-corrected chi connectivity index (χ3v) is 3.34. The minimum atomic E-state index is 0.184. The number of anilines is 1. The van der Waals surface area contributed by atoms with Crippen LogP contribution in [0.3, 0.4) is 0 Å². The van der Waals surface area contributed by atoms with E-state index in [-0.39, 0.29) is 6.10 Å². The van der Waals surface area contributed by atoms with Gasteiger partial charge in [-0.2, -0.15) is 0 Å². The van der Waals surface area contributed by atoms with Gasteiger partial charge in [0.2, 0.25) is 0 Å². The monoisotopic (exact) mass is 243 g/mol. The fraction of sp³-hybridized carbons (Fsp3) is 0.700. The minimum absolute atomic E-state index is 0.184. The summed E-state index contributed by atoms with van der Waals surface area (Å²) in [4.78, 5) is 7.60. The largest absolute Gasteiger partial charge is 0.382 e. The molecular formula is C10H17N3O2S. The Labute approximate surface area is 99.2 Å². The molecule has 1 saturated heterocycles. The van der Waals surface area contributed by atoms with Crippen LogP contribution in [0.1, 0.15) is 4.88 Å². The molecule has 0 bridgehead atoms. The maximum atomic E-state index is 5.60. The van der Waals surface area contributed by atoms with Crippen molar-refractivity contribution in [2.45, 2.75) is 12.6 Å². The fourth-order valence-corrected chi connectivity index (χ4v) is 2.55. The van der Waals surface area contributed by atoms with Crippen LogP contribution in [-0.2, 0) is 16.0 Å². The first-order chi connectivity index (χ1) is 7.78. The second kappa shape index (κ2) is 5.58. The highest BCUT2D eigenvalue weighted by molar-refractivity contribution is 7.15. The van der Waals surface area contributed by atoms with E-state index in [1.165, 1.54) is 4.88 Å². The highest BCUT2D eigenvalue weighted by atomic mass is 32.1. The molecule has 1 fully saturated rings. The van der Waals surface area contributed by atoms with Gasteiger partial charge in [0, 0.05) is 37.8 Å². The molecule has 1 atom stereocenters. The van der Waals surface area contributed by atoms with E-state index in [0.29, 0.717) is 11.7 Å². The topological polar surface area (TPSA) is 60.6 Å². The zero-order chi connectivity index (χ0) is 11.4. The third-order valence-electron chi connectivity index (χ3n) is 2.53. The van der Waals surface area contributed by atoms with Crippen molar-refractivity contribution in [3.8, 4) is 0 Å². The number of ether oxygens (including phenoxy) is 2. The van der Waals surface area contributed by atoms with Crippen LogP contribution >= 0.6 is 11.3 Å². The first-order valence-electron chi connectivity index (χ1n) is 5.31. The van der Waals surface area contributed by atoms with Crippen LogP contribution in [0, 0.1) is 0 Å². The summed E-state index contributed by atoms with van der Waals surface area (Å²) >= 11 is 1.55. The molecule has 0 spiro atoms. The van der Waals surface area contributed by atoms with Crippen LogP contribution in [0.2, 0.25) is 0 Å². The molecule has 2 N–H and O–H groups in total. The van der Waals surface area contributed by atoms with E-state index in [4.69, 9.17) is 15.2 Å². The quantitative estimate of drug-likeness (QED) is 0.838. The summed E-state index contributed by atoms with van der Waals surface area (Å²) in [6.07, 6.45) is 2.03. The van der Waals surface area contributed by atoms with E-state index in [0.717, 1.165) is 26.2 Å². The minimum Gasteiger partial charge on any atom is -0.382 e. The van der Waals surface area contributed by atoms with Crippen molar-refractivity contribution in [3.05, 3.63) is 11.1 Å². The Morgan fingerprint density at radius 1 is 1.75 bits per heavy atom. The Hall–Kier alpha value is -0.690. The average Bonchev–Trinajstić information content (AvgIpc) is 2.65. The Balaban J connectivity index is 1.85. The molecule has 1 aliphatic heterocycles. The number of nitrogens with zero attached hydrogens (tertiary/aromatic N) is 2. The summed E-state index contributed by atoms with van der Waals surface area (Å²) in [6.45, 7) is 4.19. The van der Waals surface area contributed by atoms with Crippen LogP contribution in [0.25, 0.3) is 0 Å². The third kappa shape index (κ3) is 3.15. The lowest BCUT2D eigenvalue weighted by Gasteiger charge is -2.32. The Morgan fingerprint density at radius 3 is 3.31 bits per heavy atom. The summed E-state index contributed by atoms with van der Waals surface area (Å²) in [7, 11) is 1.70. The van der Waals surface area contributed by atoms with Gasteiger partial charge in [-0.1, -0.05) is 0 Å². The number of nitrogen functional groups attached to an aromatic ring is 1. The van der Waals surface area contributed by atoms with Crippen LogP contribution in [-0.4, -0.2) is 49.4 Å². The molecule has 0 aromatic carbocycles. The van der Waals surface area contributed by atoms with Crippen molar-refractivity contribution < 1.29 is 9.47 Å². The molecule has 0 saturated carbocycles. The predicted molar refractivity (Wildman–Crippen MR) is 63.4 cm³/mol. The molecule has 2 heterocycles. The summed E-state index contributed by atoms with van der Waals surface area (Å²) < 4.78 is 10.7. The van der Waals surface area contributed by atoms with Crippen molar-refractivity contribution in [1.29, 1.82) is 0 Å². The molecule has 1 unspecified atom stereocenters. The predicted octanol–water partition coefficient (Wildman–Crippen LogP) is 0.573. The summed E-state index contributed by atoms with van der Waals surface area (Å²) in [5.74, 6) is 0. The van der Waals surface area contributed by atoms with E-state index in [1.807, 2.05) is 6.20 Å². The van der Waals surface area contributed by atoms with Crippen molar-refractivity contribution in [1.82, 2.24) is 9.88 Å². The van der Waals surface area contributed by atoms with Crippen LogP contribution in [0.5, 0.6) is 0 Å². The smallest absolute Gasteiger partial charge is 0.180 e. The van der Waals surface area contributed by atoms with Crippen LogP contribution in [0.15, 0.2) is 6.20 Å². The van der Waals surface area contributed by atoms with Gasteiger partial charge in [0.1, 0.15) is 0 Å². The number of thiazole rings is 1. The van der Waals surface area contributed by atoms with Gasteiger partial charge in [0.15, 0.2) is 5.13 Å². The van der Waals surface area contributed by atoms with Gasteiger partial charge in [-0.15, -0.1) is 11.3 Å². The van der Waals surface area contributed by atoms with Crippen LogP contribution in [0.4, 0.5) is 5.13 Å². The second-order valence-corrected chi connectivity index (χ2v) is 4.99. The first-order valence-corrected chi connectivity index (χ1v) is 6.12. The lowest BCUT2D eigenvalue weighted by atomic mass is 10.3. The Bertz CT molecular complexity index is 330. The zero-order valence-corrected chi connectivity index (χ0v) is 10.2. The number of nitrogens with two attached hydrogens (primary N) is 1. The van der Waals surface area contributed by atoms with Gasteiger partial charge >= 0.3 is 0 Å². The molecule has 0 amide bonds. The van der Waals surface area contributed by atoms with Gasteiger partial charge in [-0.3, -0.25) is 4.90 Å². The highest BCUT2D eigenvalue weighted by Gasteiger charge is 2.20. The van der Waals surface area contributed by atoms with Gasteiger partial charge in [0.05, 0.1) is 19.3 Å². The standard InChI is InChI=1S/C10H17N3O2S/c1-14-7-8-5-13(2-3-15-8)6-9-4-12-10(11)16-9/h4,8H,2-3,5-7H2,1H3,(H2,11,12). The van der Waals surface area contributed by atoms with Crippen LogP contribution < -0.4 is 5.73 Å². The summed E-state index contributed by atoms with van der Waals surface area (Å²) in [5.41, 5.74) is 5.60. The van der Waals surface area contributed by atoms with E-state index in [1.54, 1.807) is 18.4 Å². The lowest BCUT2D eigenvalue weighted by molar-refractivity contribution is -0.0629. The van der Waals surface area contributed by atoms with Gasteiger partial charge in [-0.25, -0.2) is 4.98 Å². The van der Waals surface area contributed by atoms with E-state index >= 15 is 0 Å². The molecule has 2 rings (SSSR count). The van der Waals surface area contributed by atoms with Gasteiger partial charge in [0.25, 0.3) is 0 Å². The van der Waals surface area contributed by atoms with Gasteiger partial charge < -0.3 is 15.2 Å².